The van der Waals surface area contributed by atoms with Crippen molar-refractivity contribution in [2.75, 3.05) is 26.7 Å². The number of nitrogens with one attached hydrogen (secondary N) is 1. The fourth-order valence-electron chi connectivity index (χ4n) is 3.47. The molecule has 1 saturated heterocycles. The summed E-state index contributed by atoms with van der Waals surface area (Å²) in [6.07, 6.45) is 4.01. The third-order valence-electron chi connectivity index (χ3n) is 4.96. The molecule has 1 fully saturated rings. The summed E-state index contributed by atoms with van der Waals surface area (Å²) in [4.78, 5) is 1.70. The maximum Gasteiger partial charge on any atom is 0.0967 e. The molecule has 1 aromatic rings. The van der Waals surface area contributed by atoms with Gasteiger partial charge in [0.25, 0.3) is 0 Å². The van der Waals surface area contributed by atoms with Crippen molar-refractivity contribution in [2.24, 2.45) is 5.92 Å². The molecular formula is C18H31ClN2+2. The average Bonchev–Trinajstić information content (AvgIpc) is 2.46. The summed E-state index contributed by atoms with van der Waals surface area (Å²) in [5.41, 5.74) is 1.44. The monoisotopic (exact) mass is 310 g/mol. The van der Waals surface area contributed by atoms with Crippen LogP contribution in [-0.4, -0.2) is 32.7 Å². The van der Waals surface area contributed by atoms with Gasteiger partial charge in [0, 0.05) is 24.3 Å². The number of quaternary nitrogens is 2. The van der Waals surface area contributed by atoms with Crippen molar-refractivity contribution in [1.82, 2.24) is 0 Å². The van der Waals surface area contributed by atoms with Crippen molar-refractivity contribution in [3.05, 3.63) is 34.9 Å². The van der Waals surface area contributed by atoms with Crippen LogP contribution in [0.25, 0.3) is 0 Å². The Labute approximate surface area is 134 Å². The molecule has 0 unspecified atom stereocenters. The molecule has 0 aromatic heterocycles. The summed E-state index contributed by atoms with van der Waals surface area (Å²) in [5.74, 6) is 1.33. The minimum absolute atomic E-state index is 0.649. The largest absolute Gasteiger partial charge is 0.343 e. The first-order chi connectivity index (χ1) is 10.1. The van der Waals surface area contributed by atoms with Gasteiger partial charge in [-0.05, 0) is 29.5 Å². The second-order valence-corrected chi connectivity index (χ2v) is 7.45. The van der Waals surface area contributed by atoms with E-state index in [-0.39, 0.29) is 0 Å². The third-order valence-corrected chi connectivity index (χ3v) is 5.22. The Morgan fingerprint density at radius 1 is 1.19 bits per heavy atom. The molecule has 0 spiro atoms. The Morgan fingerprint density at radius 3 is 2.38 bits per heavy atom. The summed E-state index contributed by atoms with van der Waals surface area (Å²) >= 11 is 6.01. The van der Waals surface area contributed by atoms with Crippen LogP contribution >= 0.6 is 11.6 Å². The number of hydrogen-bond donors (Lipinski definition) is 2. The van der Waals surface area contributed by atoms with E-state index in [4.69, 9.17) is 11.6 Å². The minimum Gasteiger partial charge on any atom is -0.343 e. The van der Waals surface area contributed by atoms with Crippen LogP contribution < -0.4 is 10.2 Å². The van der Waals surface area contributed by atoms with E-state index in [2.05, 4.69) is 38.3 Å². The van der Waals surface area contributed by atoms with Crippen LogP contribution in [0, 0.1) is 5.92 Å². The molecular weight excluding hydrogens is 280 g/mol. The molecule has 2 nitrogen and oxygen atoms in total. The number of halogens is 1. The van der Waals surface area contributed by atoms with Crippen molar-refractivity contribution in [3.8, 4) is 0 Å². The van der Waals surface area contributed by atoms with E-state index in [9.17, 15) is 0 Å². The van der Waals surface area contributed by atoms with Crippen LogP contribution in [0.2, 0.25) is 5.02 Å². The van der Waals surface area contributed by atoms with Gasteiger partial charge in [-0.25, -0.2) is 0 Å². The number of benzene rings is 1. The predicted molar refractivity (Wildman–Crippen MR) is 90.1 cm³/mol. The zero-order valence-electron chi connectivity index (χ0n) is 13.7. The number of likely N-dealkylation sites (tertiary alicyclic amines) is 1. The van der Waals surface area contributed by atoms with E-state index in [1.165, 1.54) is 44.5 Å². The standard InChI is InChI=1S/C18H29ClN2/c1-14(2)18(15-4-6-16(19)7-5-15)8-11-20-17-9-12-21(3)13-10-17/h4-7,14,17-18,20H,8-13H2,1-3H3/p+2/t18-/m1/s1. The lowest BCUT2D eigenvalue weighted by Crippen LogP contribution is -3.12. The molecule has 3 N–H and O–H groups in total. The molecule has 2 rings (SSSR count). The molecule has 0 radical (unpaired) electrons. The molecule has 118 valence electrons. The lowest BCUT2D eigenvalue weighted by atomic mass is 9.85. The first kappa shape index (κ1) is 16.8. The SMILES string of the molecule is CC(C)[C@@H](CC[NH2+]C1CC[NH+](C)CC1)c1ccc(Cl)cc1. The fourth-order valence-corrected chi connectivity index (χ4v) is 3.60. The van der Waals surface area contributed by atoms with Gasteiger partial charge in [-0.3, -0.25) is 0 Å². The summed E-state index contributed by atoms with van der Waals surface area (Å²) in [6, 6.07) is 9.30. The molecule has 0 aliphatic carbocycles. The summed E-state index contributed by atoms with van der Waals surface area (Å²) < 4.78 is 0. The highest BCUT2D eigenvalue weighted by molar-refractivity contribution is 6.30. The highest BCUT2D eigenvalue weighted by Gasteiger charge is 2.23. The molecule has 1 aliphatic rings. The lowest BCUT2D eigenvalue weighted by molar-refractivity contribution is -0.894. The van der Waals surface area contributed by atoms with Crippen molar-refractivity contribution in [2.45, 2.75) is 45.1 Å². The van der Waals surface area contributed by atoms with Crippen LogP contribution in [0.15, 0.2) is 24.3 Å². The van der Waals surface area contributed by atoms with Crippen LogP contribution in [-0.2, 0) is 0 Å². The third kappa shape index (κ3) is 5.28. The Hall–Kier alpha value is -0.570. The minimum atomic E-state index is 0.649. The van der Waals surface area contributed by atoms with E-state index in [1.54, 1.807) is 4.90 Å². The molecule has 1 aromatic carbocycles. The van der Waals surface area contributed by atoms with Gasteiger partial charge in [0.2, 0.25) is 0 Å². The van der Waals surface area contributed by atoms with Gasteiger partial charge in [-0.15, -0.1) is 0 Å². The van der Waals surface area contributed by atoms with Crippen LogP contribution in [0.3, 0.4) is 0 Å². The zero-order valence-corrected chi connectivity index (χ0v) is 14.5. The van der Waals surface area contributed by atoms with E-state index in [1.807, 2.05) is 12.1 Å². The maximum atomic E-state index is 6.01. The second kappa shape index (κ2) is 8.17. The number of rotatable bonds is 6. The van der Waals surface area contributed by atoms with Crippen molar-refractivity contribution in [3.63, 3.8) is 0 Å². The Kier molecular flexibility index (Phi) is 6.53. The quantitative estimate of drug-likeness (QED) is 0.798. The van der Waals surface area contributed by atoms with Gasteiger partial charge in [0.1, 0.15) is 0 Å². The number of nitrogens with two attached hydrogens (primary N) is 1. The molecule has 21 heavy (non-hydrogen) atoms. The Bertz CT molecular complexity index is 408. The lowest BCUT2D eigenvalue weighted by Gasteiger charge is -2.26. The average molecular weight is 311 g/mol. The van der Waals surface area contributed by atoms with Crippen LogP contribution in [0.1, 0.15) is 44.6 Å². The summed E-state index contributed by atoms with van der Waals surface area (Å²) in [5, 5.41) is 3.43. The van der Waals surface area contributed by atoms with Crippen LogP contribution in [0.4, 0.5) is 0 Å². The van der Waals surface area contributed by atoms with E-state index >= 15 is 0 Å². The molecule has 1 atom stereocenters. The van der Waals surface area contributed by atoms with Crippen molar-refractivity contribution in [1.29, 1.82) is 0 Å². The van der Waals surface area contributed by atoms with Crippen molar-refractivity contribution < 1.29 is 10.2 Å². The van der Waals surface area contributed by atoms with Crippen molar-refractivity contribution >= 4 is 11.6 Å². The van der Waals surface area contributed by atoms with Gasteiger partial charge in [0.05, 0.1) is 32.7 Å². The summed E-state index contributed by atoms with van der Waals surface area (Å²) in [7, 11) is 2.31. The van der Waals surface area contributed by atoms with E-state index < -0.39 is 0 Å². The highest BCUT2D eigenvalue weighted by atomic mass is 35.5. The van der Waals surface area contributed by atoms with Gasteiger partial charge in [-0.1, -0.05) is 37.6 Å². The number of piperidine rings is 1. The summed E-state index contributed by atoms with van der Waals surface area (Å²) in [6.45, 7) is 8.59. The molecule has 0 saturated carbocycles. The Balaban J connectivity index is 1.82. The molecule has 0 amide bonds. The smallest absolute Gasteiger partial charge is 0.0967 e. The Morgan fingerprint density at radius 2 is 1.81 bits per heavy atom. The predicted octanol–water partition coefficient (Wildman–Crippen LogP) is 1.71. The topological polar surface area (TPSA) is 21.1 Å². The zero-order chi connectivity index (χ0) is 15.2. The maximum absolute atomic E-state index is 6.01. The highest BCUT2D eigenvalue weighted by Crippen LogP contribution is 2.28. The first-order valence-electron chi connectivity index (χ1n) is 8.46. The molecule has 3 heteroatoms. The van der Waals surface area contributed by atoms with Gasteiger partial charge < -0.3 is 10.2 Å². The van der Waals surface area contributed by atoms with E-state index in [0.29, 0.717) is 11.8 Å². The van der Waals surface area contributed by atoms with Gasteiger partial charge in [-0.2, -0.15) is 0 Å². The molecule has 1 aliphatic heterocycles. The fraction of sp³-hybridized carbons (Fsp3) is 0.667. The first-order valence-corrected chi connectivity index (χ1v) is 8.84. The second-order valence-electron chi connectivity index (χ2n) is 7.01. The molecule has 0 bridgehead atoms. The number of hydrogen-bond acceptors (Lipinski definition) is 0. The molecule has 1 heterocycles. The van der Waals surface area contributed by atoms with Gasteiger partial charge in [0.15, 0.2) is 0 Å². The van der Waals surface area contributed by atoms with E-state index in [0.717, 1.165) is 11.1 Å². The van der Waals surface area contributed by atoms with Gasteiger partial charge >= 0.3 is 0 Å². The normalized spacial score (nSPS) is 24.2. The van der Waals surface area contributed by atoms with Crippen LogP contribution in [0.5, 0.6) is 0 Å².